The van der Waals surface area contributed by atoms with Crippen molar-refractivity contribution in [2.24, 2.45) is 0 Å². The van der Waals surface area contributed by atoms with E-state index >= 15 is 0 Å². The molecule has 1 aromatic carbocycles. The molecule has 0 aliphatic heterocycles. The monoisotopic (exact) mass is 251 g/mol. The lowest BCUT2D eigenvalue weighted by atomic mass is 10.2. The van der Waals surface area contributed by atoms with Gasteiger partial charge in [0.15, 0.2) is 0 Å². The molecule has 0 bridgehead atoms. The van der Waals surface area contributed by atoms with Gasteiger partial charge in [-0.3, -0.25) is 0 Å². The molecule has 88 valence electrons. The number of aromatic nitrogens is 1. The summed E-state index contributed by atoms with van der Waals surface area (Å²) in [5, 5.41) is 1.29. The number of esters is 1. The van der Waals surface area contributed by atoms with Crippen molar-refractivity contribution < 1.29 is 14.3 Å². The van der Waals surface area contributed by atoms with Gasteiger partial charge in [0.05, 0.1) is 19.2 Å². The quantitative estimate of drug-likeness (QED) is 0.770. The van der Waals surface area contributed by atoms with Gasteiger partial charge in [-0.1, -0.05) is 11.6 Å². The SMILES string of the molecule is COC(=O)c1ccc2c(Cl)ccc(OC)c2n1. The van der Waals surface area contributed by atoms with E-state index in [9.17, 15) is 4.79 Å². The number of methoxy groups -OCH3 is 2. The summed E-state index contributed by atoms with van der Waals surface area (Å²) in [5.41, 5.74) is 0.767. The first-order valence-corrected chi connectivity index (χ1v) is 5.26. The molecule has 1 heterocycles. The molecule has 17 heavy (non-hydrogen) atoms. The van der Waals surface area contributed by atoms with Crippen LogP contribution < -0.4 is 4.74 Å². The Morgan fingerprint density at radius 1 is 1.24 bits per heavy atom. The minimum Gasteiger partial charge on any atom is -0.494 e. The van der Waals surface area contributed by atoms with Crippen LogP contribution in [0.4, 0.5) is 0 Å². The Balaban J connectivity index is 2.70. The number of carbonyl (C=O) groups excluding carboxylic acids is 1. The standard InChI is InChI=1S/C12H10ClNO3/c1-16-10-6-4-8(13)7-3-5-9(12(15)17-2)14-11(7)10/h3-6H,1-2H3. The highest BCUT2D eigenvalue weighted by molar-refractivity contribution is 6.35. The van der Waals surface area contributed by atoms with Gasteiger partial charge in [0.1, 0.15) is 17.0 Å². The van der Waals surface area contributed by atoms with Gasteiger partial charge >= 0.3 is 5.97 Å². The number of nitrogens with zero attached hydrogens (tertiary/aromatic N) is 1. The summed E-state index contributed by atoms with van der Waals surface area (Å²) in [6.07, 6.45) is 0. The normalized spacial score (nSPS) is 10.3. The van der Waals surface area contributed by atoms with Crippen molar-refractivity contribution in [2.75, 3.05) is 14.2 Å². The van der Waals surface area contributed by atoms with Crippen LogP contribution in [-0.4, -0.2) is 25.2 Å². The van der Waals surface area contributed by atoms with Crippen LogP contribution in [0.15, 0.2) is 24.3 Å². The van der Waals surface area contributed by atoms with Crippen molar-refractivity contribution in [3.63, 3.8) is 0 Å². The molecule has 0 N–H and O–H groups in total. The molecule has 0 saturated carbocycles. The largest absolute Gasteiger partial charge is 0.494 e. The number of carbonyl (C=O) groups is 1. The molecule has 0 saturated heterocycles. The highest BCUT2D eigenvalue weighted by Crippen LogP contribution is 2.30. The van der Waals surface area contributed by atoms with E-state index in [1.54, 1.807) is 24.3 Å². The van der Waals surface area contributed by atoms with Gasteiger partial charge in [0.2, 0.25) is 0 Å². The number of hydrogen-bond acceptors (Lipinski definition) is 4. The lowest BCUT2D eigenvalue weighted by molar-refractivity contribution is 0.0594. The second-order valence-electron chi connectivity index (χ2n) is 3.33. The van der Waals surface area contributed by atoms with Gasteiger partial charge in [0.25, 0.3) is 0 Å². The van der Waals surface area contributed by atoms with E-state index in [-0.39, 0.29) is 5.69 Å². The Labute approximate surface area is 103 Å². The first-order chi connectivity index (χ1) is 8.17. The lowest BCUT2D eigenvalue weighted by Gasteiger charge is -2.07. The molecule has 2 rings (SSSR count). The van der Waals surface area contributed by atoms with Crippen molar-refractivity contribution in [3.8, 4) is 5.75 Å². The minimum atomic E-state index is -0.492. The van der Waals surface area contributed by atoms with E-state index in [1.807, 2.05) is 0 Å². The number of benzene rings is 1. The molecule has 0 unspecified atom stereocenters. The fourth-order valence-corrected chi connectivity index (χ4v) is 1.76. The number of fused-ring (bicyclic) bond motifs is 1. The van der Waals surface area contributed by atoms with Gasteiger partial charge in [-0.05, 0) is 24.3 Å². The van der Waals surface area contributed by atoms with Crippen LogP contribution in [0.3, 0.4) is 0 Å². The molecular weight excluding hydrogens is 242 g/mol. The van der Waals surface area contributed by atoms with Crippen molar-refractivity contribution in [2.45, 2.75) is 0 Å². The fraction of sp³-hybridized carbons (Fsp3) is 0.167. The molecular formula is C12H10ClNO3. The summed E-state index contributed by atoms with van der Waals surface area (Å²) in [6, 6.07) is 6.72. The lowest BCUT2D eigenvalue weighted by Crippen LogP contribution is -2.04. The zero-order chi connectivity index (χ0) is 12.4. The van der Waals surface area contributed by atoms with Gasteiger partial charge in [0, 0.05) is 5.39 Å². The maximum absolute atomic E-state index is 11.4. The molecule has 1 aromatic heterocycles. The van der Waals surface area contributed by atoms with Crippen LogP contribution in [0.2, 0.25) is 5.02 Å². The first kappa shape index (κ1) is 11.7. The van der Waals surface area contributed by atoms with E-state index in [2.05, 4.69) is 9.72 Å². The zero-order valence-corrected chi connectivity index (χ0v) is 10.1. The third kappa shape index (κ3) is 2.03. The molecule has 0 amide bonds. The molecule has 0 fully saturated rings. The summed E-state index contributed by atoms with van der Waals surface area (Å²) in [7, 11) is 2.85. The number of hydrogen-bond donors (Lipinski definition) is 0. The van der Waals surface area contributed by atoms with E-state index < -0.39 is 5.97 Å². The van der Waals surface area contributed by atoms with Crippen molar-refractivity contribution in [1.29, 1.82) is 0 Å². The van der Waals surface area contributed by atoms with Crippen LogP contribution in [0.25, 0.3) is 10.9 Å². The highest BCUT2D eigenvalue weighted by atomic mass is 35.5. The molecule has 0 aliphatic carbocycles. The summed E-state index contributed by atoms with van der Waals surface area (Å²) in [6.45, 7) is 0. The van der Waals surface area contributed by atoms with Crippen LogP contribution >= 0.6 is 11.6 Å². The Hall–Kier alpha value is -1.81. The third-order valence-corrected chi connectivity index (χ3v) is 2.71. The highest BCUT2D eigenvalue weighted by Gasteiger charge is 2.12. The molecule has 0 radical (unpaired) electrons. The molecule has 2 aromatic rings. The van der Waals surface area contributed by atoms with Crippen LogP contribution in [0.1, 0.15) is 10.5 Å². The van der Waals surface area contributed by atoms with Crippen LogP contribution in [0.5, 0.6) is 5.75 Å². The maximum Gasteiger partial charge on any atom is 0.356 e. The zero-order valence-electron chi connectivity index (χ0n) is 9.36. The summed E-state index contributed by atoms with van der Waals surface area (Å²) in [4.78, 5) is 15.6. The van der Waals surface area contributed by atoms with Crippen molar-refractivity contribution >= 4 is 28.5 Å². The minimum absolute atomic E-state index is 0.223. The second-order valence-corrected chi connectivity index (χ2v) is 3.74. The number of pyridine rings is 1. The molecule has 4 nitrogen and oxygen atoms in total. The third-order valence-electron chi connectivity index (χ3n) is 2.38. The Kier molecular flexibility index (Phi) is 3.15. The molecule has 5 heteroatoms. The maximum atomic E-state index is 11.4. The number of ether oxygens (including phenoxy) is 2. The fourth-order valence-electron chi connectivity index (χ4n) is 1.54. The van der Waals surface area contributed by atoms with Crippen LogP contribution in [0, 0.1) is 0 Å². The van der Waals surface area contributed by atoms with Crippen molar-refractivity contribution in [1.82, 2.24) is 4.98 Å². The Morgan fingerprint density at radius 3 is 2.65 bits per heavy atom. The first-order valence-electron chi connectivity index (χ1n) is 4.89. The van der Waals surface area contributed by atoms with Gasteiger partial charge in [-0.15, -0.1) is 0 Å². The van der Waals surface area contributed by atoms with E-state index in [0.717, 1.165) is 5.39 Å². The van der Waals surface area contributed by atoms with E-state index in [4.69, 9.17) is 16.3 Å². The van der Waals surface area contributed by atoms with Gasteiger partial charge < -0.3 is 9.47 Å². The predicted molar refractivity (Wildman–Crippen MR) is 64.6 cm³/mol. The summed E-state index contributed by atoms with van der Waals surface area (Å²) in [5.74, 6) is 0.0732. The van der Waals surface area contributed by atoms with Gasteiger partial charge in [-0.2, -0.15) is 0 Å². The molecule has 0 aliphatic rings. The second kappa shape index (κ2) is 4.59. The van der Waals surface area contributed by atoms with Gasteiger partial charge in [-0.25, -0.2) is 9.78 Å². The Morgan fingerprint density at radius 2 is 2.00 bits per heavy atom. The average molecular weight is 252 g/mol. The van der Waals surface area contributed by atoms with Crippen LogP contribution in [-0.2, 0) is 4.74 Å². The number of halogens is 1. The molecule has 0 atom stereocenters. The van der Waals surface area contributed by atoms with Crippen molar-refractivity contribution in [3.05, 3.63) is 35.0 Å². The molecule has 0 spiro atoms. The predicted octanol–water partition coefficient (Wildman–Crippen LogP) is 2.68. The average Bonchev–Trinajstić information content (AvgIpc) is 2.38. The topological polar surface area (TPSA) is 48.4 Å². The number of rotatable bonds is 2. The summed E-state index contributed by atoms with van der Waals surface area (Å²) >= 11 is 6.04. The Bertz CT molecular complexity index is 583. The van der Waals surface area contributed by atoms with E-state index in [1.165, 1.54) is 14.2 Å². The smallest absolute Gasteiger partial charge is 0.356 e. The van der Waals surface area contributed by atoms with E-state index in [0.29, 0.717) is 16.3 Å². The summed E-state index contributed by atoms with van der Waals surface area (Å²) < 4.78 is 9.79.